The van der Waals surface area contributed by atoms with Crippen molar-refractivity contribution < 1.29 is 0 Å². The van der Waals surface area contributed by atoms with Gasteiger partial charge in [0.1, 0.15) is 0 Å². The molecule has 1 rings (SSSR count). The van der Waals surface area contributed by atoms with Gasteiger partial charge in [-0.25, -0.2) is 0 Å². The Labute approximate surface area is 200 Å². The Hall–Kier alpha value is -0.0900. The fourth-order valence-corrected chi connectivity index (χ4v) is 3.96. The zero-order valence-electron chi connectivity index (χ0n) is 19.8. The van der Waals surface area contributed by atoms with E-state index in [9.17, 15) is 0 Å². The van der Waals surface area contributed by atoms with Gasteiger partial charge in [-0.15, -0.1) is 24.0 Å². The molecule has 1 aromatic rings. The van der Waals surface area contributed by atoms with Crippen LogP contribution in [0.15, 0.2) is 30.3 Å². The van der Waals surface area contributed by atoms with Crippen LogP contribution >= 0.6 is 24.0 Å². The number of hydrogen-bond donors (Lipinski definition) is 1. The Morgan fingerprint density at radius 1 is 0.621 bits per heavy atom. The minimum atomic E-state index is 0. The van der Waals surface area contributed by atoms with Crippen molar-refractivity contribution in [2.45, 2.75) is 136 Å². The molecule has 0 heterocycles. The molecule has 29 heavy (non-hydrogen) atoms. The predicted molar refractivity (Wildman–Crippen MR) is 142 cm³/mol. The maximum absolute atomic E-state index is 3.72. The van der Waals surface area contributed by atoms with E-state index < -0.39 is 0 Å². The van der Waals surface area contributed by atoms with Gasteiger partial charge in [-0.05, 0) is 25.8 Å². The van der Waals surface area contributed by atoms with Gasteiger partial charge in [-0.1, -0.05) is 134 Å². The van der Waals surface area contributed by atoms with Gasteiger partial charge >= 0.3 is 0 Å². The number of rotatable bonds is 19. The molecule has 170 valence electrons. The lowest BCUT2D eigenvalue weighted by Gasteiger charge is -2.26. The molecule has 0 aliphatic rings. The molecule has 0 saturated carbocycles. The molecule has 1 aromatic carbocycles. The van der Waals surface area contributed by atoms with Crippen LogP contribution in [0.5, 0.6) is 0 Å². The Bertz CT molecular complexity index is 443. The zero-order valence-corrected chi connectivity index (χ0v) is 22.1. The molecule has 0 bridgehead atoms. The van der Waals surface area contributed by atoms with E-state index in [4.69, 9.17) is 0 Å². The lowest BCUT2D eigenvalue weighted by atomic mass is 9.95. The smallest absolute Gasteiger partial charge is 0.0210 e. The van der Waals surface area contributed by atoms with Crippen LogP contribution in [0.2, 0.25) is 0 Å². The van der Waals surface area contributed by atoms with E-state index in [1.807, 2.05) is 0 Å². The van der Waals surface area contributed by atoms with Gasteiger partial charge in [0.25, 0.3) is 0 Å². The highest BCUT2D eigenvalue weighted by molar-refractivity contribution is 14.0. The summed E-state index contributed by atoms with van der Waals surface area (Å²) in [4.78, 5) is 0. The number of hydrogen-bond acceptors (Lipinski definition) is 1. The van der Waals surface area contributed by atoms with Crippen LogP contribution in [-0.2, 0) is 6.54 Å². The maximum atomic E-state index is 3.72. The molecule has 0 aliphatic heterocycles. The monoisotopic (exact) mass is 515 g/mol. The number of unbranched alkanes of at least 4 members (excludes halogenated alkanes) is 14. The summed E-state index contributed by atoms with van der Waals surface area (Å²) in [5, 5.41) is 3.72. The molecule has 2 heteroatoms. The SMILES string of the molecule is CCCCCCCCCCCCCCCCCC(C)(C)NCc1ccccc1.I. The molecule has 0 fully saturated rings. The lowest BCUT2D eigenvalue weighted by molar-refractivity contribution is 0.344. The molecular weight excluding hydrogens is 465 g/mol. The van der Waals surface area contributed by atoms with E-state index >= 15 is 0 Å². The van der Waals surface area contributed by atoms with E-state index in [0.29, 0.717) is 0 Å². The van der Waals surface area contributed by atoms with Crippen LogP contribution in [0.3, 0.4) is 0 Å². The average molecular weight is 516 g/mol. The molecular formula is C27H50IN. The first-order chi connectivity index (χ1) is 13.6. The number of halogens is 1. The van der Waals surface area contributed by atoms with Gasteiger partial charge in [0.2, 0.25) is 0 Å². The molecule has 0 spiro atoms. The van der Waals surface area contributed by atoms with Crippen molar-refractivity contribution in [3.63, 3.8) is 0 Å². The molecule has 0 saturated heterocycles. The molecule has 0 aromatic heterocycles. The molecule has 0 radical (unpaired) electrons. The second-order valence-electron chi connectivity index (χ2n) is 9.42. The predicted octanol–water partition coefficient (Wildman–Crippen LogP) is 9.43. The highest BCUT2D eigenvalue weighted by Crippen LogP contribution is 2.17. The largest absolute Gasteiger partial charge is 0.308 e. The molecule has 0 aliphatic carbocycles. The molecule has 0 atom stereocenters. The fourth-order valence-electron chi connectivity index (χ4n) is 3.96. The van der Waals surface area contributed by atoms with Crippen molar-refractivity contribution in [2.75, 3.05) is 0 Å². The Morgan fingerprint density at radius 2 is 1.03 bits per heavy atom. The summed E-state index contributed by atoms with van der Waals surface area (Å²) in [5.41, 5.74) is 1.62. The van der Waals surface area contributed by atoms with Gasteiger partial charge in [0.15, 0.2) is 0 Å². The summed E-state index contributed by atoms with van der Waals surface area (Å²) in [6.45, 7) is 7.97. The third kappa shape index (κ3) is 18.4. The first kappa shape index (κ1) is 28.9. The fraction of sp³-hybridized carbons (Fsp3) is 0.778. The Morgan fingerprint density at radius 3 is 1.48 bits per heavy atom. The van der Waals surface area contributed by atoms with Crippen molar-refractivity contribution in [1.82, 2.24) is 5.32 Å². The first-order valence-electron chi connectivity index (χ1n) is 12.4. The van der Waals surface area contributed by atoms with Crippen LogP contribution in [0.1, 0.15) is 129 Å². The quantitative estimate of drug-likeness (QED) is 0.143. The zero-order chi connectivity index (χ0) is 20.3. The average Bonchev–Trinajstić information content (AvgIpc) is 2.70. The van der Waals surface area contributed by atoms with Crippen molar-refractivity contribution >= 4 is 24.0 Å². The molecule has 0 unspecified atom stereocenters. The Balaban J connectivity index is 0.00000784. The second kappa shape index (κ2) is 19.8. The summed E-state index contributed by atoms with van der Waals surface area (Å²) in [6, 6.07) is 10.7. The van der Waals surface area contributed by atoms with E-state index in [1.165, 1.54) is 108 Å². The van der Waals surface area contributed by atoms with Gasteiger partial charge in [-0.3, -0.25) is 0 Å². The third-order valence-corrected chi connectivity index (χ3v) is 6.02. The first-order valence-corrected chi connectivity index (χ1v) is 12.4. The van der Waals surface area contributed by atoms with E-state index in [1.54, 1.807) is 0 Å². The van der Waals surface area contributed by atoms with Crippen molar-refractivity contribution in [3.8, 4) is 0 Å². The third-order valence-electron chi connectivity index (χ3n) is 6.02. The Kier molecular flexibility index (Phi) is 19.8. The lowest BCUT2D eigenvalue weighted by Crippen LogP contribution is -2.38. The summed E-state index contributed by atoms with van der Waals surface area (Å²) in [7, 11) is 0. The van der Waals surface area contributed by atoms with Crippen LogP contribution in [0.4, 0.5) is 0 Å². The van der Waals surface area contributed by atoms with E-state index in [-0.39, 0.29) is 29.5 Å². The molecule has 1 N–H and O–H groups in total. The van der Waals surface area contributed by atoms with Crippen LogP contribution < -0.4 is 5.32 Å². The van der Waals surface area contributed by atoms with E-state index in [2.05, 4.69) is 56.4 Å². The minimum absolute atomic E-state index is 0. The number of benzene rings is 1. The van der Waals surface area contributed by atoms with Gasteiger partial charge in [-0.2, -0.15) is 0 Å². The van der Waals surface area contributed by atoms with Crippen molar-refractivity contribution in [1.29, 1.82) is 0 Å². The summed E-state index contributed by atoms with van der Waals surface area (Å²) < 4.78 is 0. The van der Waals surface area contributed by atoms with Gasteiger partial charge in [0, 0.05) is 12.1 Å². The molecule has 1 nitrogen and oxygen atoms in total. The highest BCUT2D eigenvalue weighted by Gasteiger charge is 2.15. The summed E-state index contributed by atoms with van der Waals surface area (Å²) >= 11 is 0. The van der Waals surface area contributed by atoms with Crippen LogP contribution in [-0.4, -0.2) is 5.54 Å². The van der Waals surface area contributed by atoms with Crippen LogP contribution in [0, 0.1) is 0 Å². The van der Waals surface area contributed by atoms with Gasteiger partial charge < -0.3 is 5.32 Å². The summed E-state index contributed by atoms with van der Waals surface area (Å²) in [6.07, 6.45) is 22.9. The molecule has 0 amide bonds. The summed E-state index contributed by atoms with van der Waals surface area (Å²) in [5.74, 6) is 0. The topological polar surface area (TPSA) is 12.0 Å². The van der Waals surface area contributed by atoms with E-state index in [0.717, 1.165) is 6.54 Å². The highest BCUT2D eigenvalue weighted by atomic mass is 127. The second-order valence-corrected chi connectivity index (χ2v) is 9.42. The minimum Gasteiger partial charge on any atom is -0.308 e. The van der Waals surface area contributed by atoms with Crippen molar-refractivity contribution in [2.24, 2.45) is 0 Å². The van der Waals surface area contributed by atoms with Crippen molar-refractivity contribution in [3.05, 3.63) is 35.9 Å². The number of nitrogens with one attached hydrogen (secondary N) is 1. The van der Waals surface area contributed by atoms with Crippen LogP contribution in [0.25, 0.3) is 0 Å². The van der Waals surface area contributed by atoms with Gasteiger partial charge in [0.05, 0.1) is 0 Å². The standard InChI is InChI=1S/C27H49N.HI/c1-4-5-6-7-8-9-10-11-12-13-14-15-16-17-21-24-27(2,3)28-25-26-22-19-18-20-23-26;/h18-20,22-23,28H,4-17,21,24-25H2,1-3H3;1H. The maximum Gasteiger partial charge on any atom is 0.0210 e. The normalized spacial score (nSPS) is 11.4.